The predicted octanol–water partition coefficient (Wildman–Crippen LogP) is 6.76. The fourth-order valence-electron chi connectivity index (χ4n) is 6.25. The van der Waals surface area contributed by atoms with Gasteiger partial charge in [-0.25, -0.2) is 0 Å². The molecule has 0 aromatic rings. The van der Waals surface area contributed by atoms with Gasteiger partial charge in [-0.3, -0.25) is 0 Å². The van der Waals surface area contributed by atoms with Crippen LogP contribution in [0.3, 0.4) is 0 Å². The van der Waals surface area contributed by atoms with Gasteiger partial charge in [-0.15, -0.1) is 0 Å². The molecule has 0 unspecified atom stereocenters. The third-order valence-electron chi connectivity index (χ3n) is 8.68. The van der Waals surface area contributed by atoms with Crippen LogP contribution in [0, 0.1) is 29.1 Å². The molecule has 3 rings (SSSR count). The first kappa shape index (κ1) is 23.5. The van der Waals surface area contributed by atoms with Crippen molar-refractivity contribution in [3.63, 3.8) is 0 Å². The van der Waals surface area contributed by atoms with E-state index in [1.54, 1.807) is 5.57 Å². The van der Waals surface area contributed by atoms with Crippen LogP contribution < -0.4 is 0 Å². The van der Waals surface area contributed by atoms with Crippen LogP contribution in [-0.4, -0.2) is 21.9 Å². The molecule has 3 saturated carbocycles. The second kappa shape index (κ2) is 9.17. The first-order valence-electron chi connectivity index (χ1n) is 12.2. The summed E-state index contributed by atoms with van der Waals surface area (Å²) in [4.78, 5) is 0. The lowest BCUT2D eigenvalue weighted by Gasteiger charge is -2.44. The Morgan fingerprint density at radius 1 is 1.10 bits per heavy atom. The minimum atomic E-state index is -0.663. The van der Waals surface area contributed by atoms with Gasteiger partial charge in [0.2, 0.25) is 0 Å². The van der Waals surface area contributed by atoms with Gasteiger partial charge in [-0.1, -0.05) is 62.8 Å². The molecule has 0 saturated heterocycles. The van der Waals surface area contributed by atoms with Crippen LogP contribution in [0.25, 0.3) is 0 Å². The highest BCUT2D eigenvalue weighted by molar-refractivity contribution is 5.36. The van der Waals surface area contributed by atoms with Crippen molar-refractivity contribution in [3.8, 4) is 0 Å². The molecule has 6 atom stereocenters. The number of hydrogen-bond donors (Lipinski definition) is 2. The molecule has 0 amide bonds. The van der Waals surface area contributed by atoms with Gasteiger partial charge in [0.25, 0.3) is 0 Å². The van der Waals surface area contributed by atoms with E-state index in [4.69, 9.17) is 0 Å². The van der Waals surface area contributed by atoms with Gasteiger partial charge in [-0.05, 0) is 94.0 Å². The van der Waals surface area contributed by atoms with Gasteiger partial charge >= 0.3 is 0 Å². The predicted molar refractivity (Wildman–Crippen MR) is 127 cm³/mol. The molecular formula is C28H44O2. The monoisotopic (exact) mass is 417 g/mol. The molecule has 2 N–H and O–H groups in total. The van der Waals surface area contributed by atoms with E-state index >= 15 is 0 Å². The molecule has 0 aliphatic heterocycles. The van der Waals surface area contributed by atoms with Gasteiger partial charge in [0.1, 0.15) is 0 Å². The fourth-order valence-corrected chi connectivity index (χ4v) is 6.25. The van der Waals surface area contributed by atoms with Crippen molar-refractivity contribution in [2.45, 2.75) is 97.7 Å². The molecule has 0 bridgehead atoms. The number of aliphatic hydroxyl groups excluding tert-OH is 1. The smallest absolute Gasteiger partial charge is 0.0651 e. The molecule has 0 heterocycles. The lowest BCUT2D eigenvalue weighted by Crippen LogP contribution is -2.35. The van der Waals surface area contributed by atoms with Gasteiger partial charge in [0.05, 0.1) is 11.7 Å². The van der Waals surface area contributed by atoms with E-state index in [1.165, 1.54) is 43.3 Å². The van der Waals surface area contributed by atoms with Gasteiger partial charge < -0.3 is 10.2 Å². The van der Waals surface area contributed by atoms with E-state index in [0.717, 1.165) is 19.3 Å². The summed E-state index contributed by atoms with van der Waals surface area (Å²) < 4.78 is 0. The lowest BCUT2D eigenvalue weighted by atomic mass is 9.64. The normalized spacial score (nSPS) is 37.7. The molecule has 0 aromatic heterocycles. The minimum absolute atomic E-state index is 0.164. The van der Waals surface area contributed by atoms with Crippen molar-refractivity contribution in [2.75, 3.05) is 0 Å². The number of allylic oxidation sites excluding steroid dienone is 5. The quantitative estimate of drug-likeness (QED) is 0.383. The molecule has 30 heavy (non-hydrogen) atoms. The number of fused-ring (bicyclic) bond motifs is 1. The number of aliphatic hydroxyl groups is 2. The average molecular weight is 418 g/mol. The second-order valence-electron chi connectivity index (χ2n) is 11.2. The third kappa shape index (κ3) is 5.02. The Kier molecular flexibility index (Phi) is 7.19. The van der Waals surface area contributed by atoms with Crippen molar-refractivity contribution in [1.82, 2.24) is 0 Å². The highest BCUT2D eigenvalue weighted by Gasteiger charge is 2.50. The van der Waals surface area contributed by atoms with E-state index in [2.05, 4.69) is 51.7 Å². The molecule has 0 aromatic carbocycles. The van der Waals surface area contributed by atoms with E-state index < -0.39 is 5.60 Å². The first-order valence-corrected chi connectivity index (χ1v) is 12.2. The summed E-state index contributed by atoms with van der Waals surface area (Å²) in [6.45, 7) is 15.0. The van der Waals surface area contributed by atoms with Gasteiger partial charge in [0.15, 0.2) is 0 Å². The molecule has 168 valence electrons. The van der Waals surface area contributed by atoms with E-state index in [0.29, 0.717) is 23.2 Å². The number of rotatable bonds is 5. The zero-order chi connectivity index (χ0) is 22.1. The Labute approximate surface area is 184 Å². The summed E-state index contributed by atoms with van der Waals surface area (Å²) in [6, 6.07) is 0. The Bertz CT molecular complexity index is 719. The Hall–Kier alpha value is -1.12. The largest absolute Gasteiger partial charge is 0.393 e. The molecule has 0 radical (unpaired) electrons. The highest BCUT2D eigenvalue weighted by Crippen LogP contribution is 2.59. The van der Waals surface area contributed by atoms with Crippen molar-refractivity contribution < 1.29 is 10.2 Å². The van der Waals surface area contributed by atoms with E-state index in [9.17, 15) is 10.2 Å². The molecule has 3 aliphatic carbocycles. The molecule has 3 fully saturated rings. The topological polar surface area (TPSA) is 40.5 Å². The van der Waals surface area contributed by atoms with Crippen LogP contribution in [0.5, 0.6) is 0 Å². The van der Waals surface area contributed by atoms with E-state index in [-0.39, 0.29) is 12.0 Å². The molecule has 2 heteroatoms. The summed E-state index contributed by atoms with van der Waals surface area (Å²) in [5.41, 5.74) is 3.78. The van der Waals surface area contributed by atoms with Crippen molar-refractivity contribution in [3.05, 3.63) is 47.6 Å². The maximum absolute atomic E-state index is 10.3. The molecule has 3 aliphatic rings. The maximum atomic E-state index is 10.3. The SMILES string of the molecule is C=C1CC[C@H](O)C/C1=C/C=C1\CCC[C@]2(C)[C@@H]([13C@H]([13CH3])/[13CH]=C/[C@H](C)C([13CH3])([13CH3])O)CC[C@@H]12. The maximum Gasteiger partial charge on any atom is 0.0651 e. The molecular weight excluding hydrogens is 373 g/mol. The van der Waals surface area contributed by atoms with Crippen molar-refractivity contribution in [2.24, 2.45) is 29.1 Å². The van der Waals surface area contributed by atoms with Crippen LogP contribution in [0.2, 0.25) is 0 Å². The summed E-state index contributed by atoms with van der Waals surface area (Å²) in [5.74, 6) is 2.08. The van der Waals surface area contributed by atoms with Crippen LogP contribution in [0.4, 0.5) is 0 Å². The van der Waals surface area contributed by atoms with Gasteiger partial charge in [0, 0.05) is 5.92 Å². The third-order valence-corrected chi connectivity index (χ3v) is 8.68. The summed E-state index contributed by atoms with van der Waals surface area (Å²) in [5, 5.41) is 20.3. The summed E-state index contributed by atoms with van der Waals surface area (Å²) in [6.07, 6.45) is 18.0. The summed E-state index contributed by atoms with van der Waals surface area (Å²) in [7, 11) is 0. The van der Waals surface area contributed by atoms with Crippen molar-refractivity contribution in [1.29, 1.82) is 0 Å². The lowest BCUT2D eigenvalue weighted by molar-refractivity contribution is 0.0436. The second-order valence-corrected chi connectivity index (χ2v) is 11.2. The van der Waals surface area contributed by atoms with Crippen LogP contribution in [-0.2, 0) is 0 Å². The van der Waals surface area contributed by atoms with Gasteiger partial charge in [-0.2, -0.15) is 0 Å². The van der Waals surface area contributed by atoms with E-state index in [1.807, 2.05) is 13.8 Å². The summed E-state index contributed by atoms with van der Waals surface area (Å²) >= 11 is 0. The zero-order valence-corrected chi connectivity index (χ0v) is 20.0. The van der Waals surface area contributed by atoms with Crippen LogP contribution >= 0.6 is 0 Å². The molecule has 0 spiro atoms. The Balaban J connectivity index is 1.75. The van der Waals surface area contributed by atoms with Crippen LogP contribution in [0.1, 0.15) is 86.0 Å². The average Bonchev–Trinajstić information content (AvgIpc) is 3.03. The number of hydrogen-bond acceptors (Lipinski definition) is 2. The molecule has 2 nitrogen and oxygen atoms in total. The zero-order valence-electron chi connectivity index (χ0n) is 20.0. The Morgan fingerprint density at radius 3 is 2.53 bits per heavy atom. The van der Waals surface area contributed by atoms with Crippen molar-refractivity contribution >= 4 is 0 Å². The van der Waals surface area contributed by atoms with Crippen LogP contribution in [0.15, 0.2) is 47.6 Å². The first-order chi connectivity index (χ1) is 14.0. The minimum Gasteiger partial charge on any atom is -0.393 e. The standard InChI is InChI=1S/C28H44O2/c1-19-10-14-24(29)18-23(19)13-12-22-8-7-17-28(6)25(15-16-26(22)28)20(2)9-11-21(3)27(4,5)30/h9,11-13,20-21,24-26,29-30H,1,7-8,10,14-18H2,2-6H3/b11-9+,22-12+,23-13-/t20-,21+,24+,25-,26+,28-/m1/s1/i2+1,4+1,5+1,9+1,20+1. The Morgan fingerprint density at radius 2 is 1.83 bits per heavy atom. The fraction of sp³-hybridized carbons (Fsp3) is 0.714. The highest BCUT2D eigenvalue weighted by atomic mass is 16.3.